The van der Waals surface area contributed by atoms with Crippen LogP contribution >= 0.6 is 0 Å². The van der Waals surface area contributed by atoms with Crippen LogP contribution in [-0.4, -0.2) is 79.3 Å². The van der Waals surface area contributed by atoms with Crippen molar-refractivity contribution in [3.05, 3.63) is 71.3 Å². The maximum atomic E-state index is 13.4. The zero-order valence-electron chi connectivity index (χ0n) is 27.1. The molecule has 1 amide bonds. The van der Waals surface area contributed by atoms with E-state index in [1.54, 1.807) is 4.90 Å². The first-order valence-electron chi connectivity index (χ1n) is 16.6. The maximum absolute atomic E-state index is 13.4. The van der Waals surface area contributed by atoms with Gasteiger partial charge in [-0.05, 0) is 90.8 Å². The van der Waals surface area contributed by atoms with Gasteiger partial charge in [0.2, 0.25) is 6.79 Å². The SMILES string of the molecule is O=C(O)CCCOc1cccc(CCCCCCOc2cc(C(=O)N3CCOCC3)cc(-c3ccc4c(c3)OCO4)c2)c1CCC(=O)O. The molecule has 1 saturated heterocycles. The van der Waals surface area contributed by atoms with E-state index >= 15 is 0 Å². The summed E-state index contributed by atoms with van der Waals surface area (Å²) in [4.78, 5) is 37.3. The largest absolute Gasteiger partial charge is 0.494 e. The molecule has 0 unspecified atom stereocenters. The summed E-state index contributed by atoms with van der Waals surface area (Å²) in [5, 5.41) is 18.2. The highest BCUT2D eigenvalue weighted by Crippen LogP contribution is 2.37. The third-order valence-electron chi connectivity index (χ3n) is 8.38. The standard InChI is InChI=1S/C37H43NO10/c39-35(40)10-6-18-46-32-9-5-8-26(31(32)12-14-36(41)42)7-3-1-2-4-17-45-30-22-28(27-11-13-33-34(24-27)48-25-47-33)21-29(23-30)37(43)38-15-19-44-20-16-38/h5,8-9,11,13,21-24H,1-4,6-7,10,12,14-20,25H2,(H,39,40)(H,41,42). The van der Waals surface area contributed by atoms with Crippen molar-refractivity contribution in [2.75, 3.05) is 46.3 Å². The van der Waals surface area contributed by atoms with Crippen LogP contribution in [-0.2, 0) is 27.2 Å². The second kappa shape index (κ2) is 17.4. The molecule has 0 aromatic heterocycles. The normalized spacial score (nSPS) is 13.7. The summed E-state index contributed by atoms with van der Waals surface area (Å²) in [6, 6.07) is 17.1. The Labute approximate surface area is 280 Å². The number of carboxylic acids is 2. The number of carbonyl (C=O) groups excluding carboxylic acids is 1. The highest BCUT2D eigenvalue weighted by Gasteiger charge is 2.21. The lowest BCUT2D eigenvalue weighted by Crippen LogP contribution is -2.40. The minimum Gasteiger partial charge on any atom is -0.494 e. The smallest absolute Gasteiger partial charge is 0.303 e. The average Bonchev–Trinajstić information content (AvgIpc) is 3.57. The minimum atomic E-state index is -0.874. The van der Waals surface area contributed by atoms with Gasteiger partial charge in [0, 0.05) is 31.5 Å². The Bertz CT molecular complexity index is 1570. The van der Waals surface area contributed by atoms with E-state index in [-0.39, 0.29) is 32.1 Å². The predicted molar refractivity (Wildman–Crippen MR) is 177 cm³/mol. The van der Waals surface area contributed by atoms with Gasteiger partial charge >= 0.3 is 11.9 Å². The van der Waals surface area contributed by atoms with Crippen LogP contribution in [0.15, 0.2) is 54.6 Å². The first-order chi connectivity index (χ1) is 23.4. The highest BCUT2D eigenvalue weighted by atomic mass is 16.7. The number of amides is 1. The van der Waals surface area contributed by atoms with Crippen molar-refractivity contribution >= 4 is 17.8 Å². The molecule has 256 valence electrons. The predicted octanol–water partition coefficient (Wildman–Crippen LogP) is 6.00. The lowest BCUT2D eigenvalue weighted by atomic mass is 9.97. The number of hydrogen-bond acceptors (Lipinski definition) is 8. The number of unbranched alkanes of at least 4 members (excludes halogenated alkanes) is 3. The lowest BCUT2D eigenvalue weighted by molar-refractivity contribution is -0.138. The number of carboxylic acid groups (broad SMARTS) is 2. The van der Waals surface area contributed by atoms with E-state index in [2.05, 4.69) is 0 Å². The number of morpholine rings is 1. The third kappa shape index (κ3) is 9.87. The Morgan fingerprint density at radius 3 is 2.31 bits per heavy atom. The zero-order valence-corrected chi connectivity index (χ0v) is 27.1. The number of rotatable bonds is 18. The molecule has 0 radical (unpaired) electrons. The van der Waals surface area contributed by atoms with Crippen LogP contribution in [0.4, 0.5) is 0 Å². The second-order valence-electron chi connectivity index (χ2n) is 11.9. The molecule has 11 nitrogen and oxygen atoms in total. The van der Waals surface area contributed by atoms with E-state index < -0.39 is 11.9 Å². The molecule has 0 spiro atoms. The van der Waals surface area contributed by atoms with Gasteiger partial charge in [-0.1, -0.05) is 31.0 Å². The Balaban J connectivity index is 1.16. The van der Waals surface area contributed by atoms with Crippen LogP contribution in [0, 0.1) is 0 Å². The van der Waals surface area contributed by atoms with Crippen LogP contribution < -0.4 is 18.9 Å². The van der Waals surface area contributed by atoms with E-state index in [0.717, 1.165) is 54.4 Å². The van der Waals surface area contributed by atoms with E-state index in [9.17, 15) is 19.5 Å². The highest BCUT2D eigenvalue weighted by molar-refractivity contribution is 5.96. The number of ether oxygens (including phenoxy) is 5. The Kier molecular flexibility index (Phi) is 12.5. The molecule has 0 atom stereocenters. The molecule has 48 heavy (non-hydrogen) atoms. The van der Waals surface area contributed by atoms with Crippen molar-refractivity contribution in [1.82, 2.24) is 4.90 Å². The summed E-state index contributed by atoms with van der Waals surface area (Å²) in [6.07, 6.45) is 5.19. The van der Waals surface area contributed by atoms with E-state index in [1.807, 2.05) is 54.6 Å². The summed E-state index contributed by atoms with van der Waals surface area (Å²) in [6.45, 7) is 3.09. The second-order valence-corrected chi connectivity index (χ2v) is 11.9. The Morgan fingerprint density at radius 1 is 0.729 bits per heavy atom. The fourth-order valence-corrected chi connectivity index (χ4v) is 5.86. The fraction of sp³-hybridized carbons (Fsp3) is 0.432. The van der Waals surface area contributed by atoms with Gasteiger partial charge in [-0.15, -0.1) is 0 Å². The molecule has 0 aliphatic carbocycles. The van der Waals surface area contributed by atoms with Crippen LogP contribution in [0.3, 0.4) is 0 Å². The van der Waals surface area contributed by atoms with Gasteiger partial charge in [-0.3, -0.25) is 14.4 Å². The quantitative estimate of drug-likeness (QED) is 0.156. The van der Waals surface area contributed by atoms with Gasteiger partial charge in [0.05, 0.1) is 26.4 Å². The first-order valence-corrected chi connectivity index (χ1v) is 16.6. The minimum absolute atomic E-state index is 0.00450. The number of carbonyl (C=O) groups is 3. The van der Waals surface area contributed by atoms with Gasteiger partial charge in [0.25, 0.3) is 5.91 Å². The fourth-order valence-electron chi connectivity index (χ4n) is 5.86. The van der Waals surface area contributed by atoms with Crippen molar-refractivity contribution in [2.45, 2.75) is 57.8 Å². The van der Waals surface area contributed by atoms with Crippen LogP contribution in [0.2, 0.25) is 0 Å². The molecule has 0 bridgehead atoms. The maximum Gasteiger partial charge on any atom is 0.303 e. The van der Waals surface area contributed by atoms with Gasteiger partial charge < -0.3 is 38.8 Å². The molecule has 1 fully saturated rings. The van der Waals surface area contributed by atoms with Gasteiger partial charge in [-0.2, -0.15) is 0 Å². The summed E-state index contributed by atoms with van der Waals surface area (Å²) in [5.41, 5.74) is 4.26. The number of fused-ring (bicyclic) bond motifs is 1. The Morgan fingerprint density at radius 2 is 1.50 bits per heavy atom. The van der Waals surface area contributed by atoms with E-state index in [0.29, 0.717) is 74.3 Å². The molecule has 3 aromatic carbocycles. The first kappa shape index (κ1) is 34.6. The van der Waals surface area contributed by atoms with E-state index in [1.165, 1.54) is 0 Å². The number of aliphatic carboxylic acids is 2. The molecular formula is C37H43NO10. The molecule has 5 rings (SSSR count). The average molecular weight is 662 g/mol. The number of hydrogen-bond donors (Lipinski definition) is 2. The van der Waals surface area contributed by atoms with Crippen molar-refractivity contribution in [1.29, 1.82) is 0 Å². The topological polar surface area (TPSA) is 141 Å². The summed E-state index contributed by atoms with van der Waals surface area (Å²) < 4.78 is 28.5. The van der Waals surface area contributed by atoms with E-state index in [4.69, 9.17) is 28.8 Å². The number of benzene rings is 3. The molecule has 2 heterocycles. The molecule has 2 aliphatic heterocycles. The van der Waals surface area contributed by atoms with Crippen molar-refractivity contribution in [3.63, 3.8) is 0 Å². The Hall–Kier alpha value is -4.77. The third-order valence-corrected chi connectivity index (χ3v) is 8.38. The van der Waals surface area contributed by atoms with Gasteiger partial charge in [0.15, 0.2) is 11.5 Å². The summed E-state index contributed by atoms with van der Waals surface area (Å²) in [7, 11) is 0. The summed E-state index contributed by atoms with van der Waals surface area (Å²) >= 11 is 0. The molecule has 3 aromatic rings. The number of nitrogens with zero attached hydrogens (tertiary/aromatic N) is 1. The van der Waals surface area contributed by atoms with Crippen LogP contribution in [0.25, 0.3) is 11.1 Å². The molecule has 2 N–H and O–H groups in total. The zero-order chi connectivity index (χ0) is 33.7. The number of aryl methyl sites for hydroxylation is 1. The van der Waals surface area contributed by atoms with Gasteiger partial charge in [0.1, 0.15) is 11.5 Å². The van der Waals surface area contributed by atoms with Crippen LogP contribution in [0.1, 0.15) is 66.4 Å². The monoisotopic (exact) mass is 661 g/mol. The van der Waals surface area contributed by atoms with Crippen molar-refractivity contribution in [3.8, 4) is 34.1 Å². The lowest BCUT2D eigenvalue weighted by Gasteiger charge is -2.27. The molecular weight excluding hydrogens is 618 g/mol. The summed E-state index contributed by atoms with van der Waals surface area (Å²) in [5.74, 6) is 0.822. The van der Waals surface area contributed by atoms with Gasteiger partial charge in [-0.25, -0.2) is 0 Å². The van der Waals surface area contributed by atoms with Crippen LogP contribution in [0.5, 0.6) is 23.0 Å². The molecule has 2 aliphatic rings. The molecule has 0 saturated carbocycles. The van der Waals surface area contributed by atoms with Crippen molar-refractivity contribution in [2.24, 2.45) is 0 Å². The molecule has 11 heteroatoms. The van der Waals surface area contributed by atoms with Crippen molar-refractivity contribution < 1.29 is 48.3 Å².